The van der Waals surface area contributed by atoms with Crippen molar-refractivity contribution in [1.29, 1.82) is 0 Å². The molecule has 188 valence electrons. The van der Waals surface area contributed by atoms with Crippen LogP contribution in [0.25, 0.3) is 22.0 Å². The fourth-order valence-corrected chi connectivity index (χ4v) is 5.23. The van der Waals surface area contributed by atoms with E-state index in [2.05, 4.69) is 9.97 Å². The molecule has 0 spiro atoms. The molecule has 36 heavy (non-hydrogen) atoms. The molecule has 0 unspecified atom stereocenters. The number of pyridine rings is 2. The lowest BCUT2D eigenvalue weighted by Crippen LogP contribution is -2.19. The van der Waals surface area contributed by atoms with Gasteiger partial charge in [-0.05, 0) is 23.3 Å². The lowest BCUT2D eigenvalue weighted by Gasteiger charge is -2.26. The number of aliphatic hydroxyl groups is 1. The molecule has 0 saturated carbocycles. The quantitative estimate of drug-likeness (QED) is 0.400. The number of carbonyl (C=O) groups excluding carboxylic acids is 1. The summed E-state index contributed by atoms with van der Waals surface area (Å²) in [7, 11) is -0.904. The fourth-order valence-electron chi connectivity index (χ4n) is 4.42. The number of sulfone groups is 1. The predicted molar refractivity (Wildman–Crippen MR) is 131 cm³/mol. The number of H-pyrrole nitrogens is 1. The first kappa shape index (κ1) is 25.2. The summed E-state index contributed by atoms with van der Waals surface area (Å²) in [6.07, 6.45) is 5.73. The van der Waals surface area contributed by atoms with Crippen molar-refractivity contribution in [1.82, 2.24) is 14.5 Å². The summed E-state index contributed by atoms with van der Waals surface area (Å²) in [5.74, 6) is -2.31. The molecule has 0 atom stereocenters. The van der Waals surface area contributed by atoms with Crippen molar-refractivity contribution < 1.29 is 27.1 Å². The largest absolute Gasteiger partial charge is 0.400 e. The highest BCUT2D eigenvalue weighted by molar-refractivity contribution is 7.89. The van der Waals surface area contributed by atoms with Crippen LogP contribution in [0.5, 0.6) is 0 Å². The molecule has 4 heterocycles. The van der Waals surface area contributed by atoms with Gasteiger partial charge in [0.2, 0.25) is 0 Å². The highest BCUT2D eigenvalue weighted by Crippen LogP contribution is 2.44. The van der Waals surface area contributed by atoms with E-state index in [9.17, 15) is 26.8 Å². The third-order valence-corrected chi connectivity index (χ3v) is 6.68. The highest BCUT2D eigenvalue weighted by atomic mass is 32.2. The van der Waals surface area contributed by atoms with E-state index >= 15 is 0 Å². The average molecular weight is 517 g/mol. The van der Waals surface area contributed by atoms with Crippen molar-refractivity contribution in [3.8, 4) is 11.1 Å². The Morgan fingerprint density at radius 1 is 1.19 bits per heavy atom. The smallest absolute Gasteiger partial charge is 0.274 e. The van der Waals surface area contributed by atoms with Gasteiger partial charge >= 0.3 is 0 Å². The molecule has 12 heteroatoms. The predicted octanol–water partition coefficient (Wildman–Crippen LogP) is 2.82. The Morgan fingerprint density at radius 2 is 1.92 bits per heavy atom. The molecule has 1 aliphatic heterocycles. The van der Waals surface area contributed by atoms with Crippen LogP contribution in [0.3, 0.4) is 0 Å². The number of aldehydes is 1. The number of benzene rings is 1. The molecule has 9 nitrogen and oxygen atoms in total. The molecule has 0 amide bonds. The van der Waals surface area contributed by atoms with Crippen LogP contribution in [-0.2, 0) is 29.2 Å². The van der Waals surface area contributed by atoms with Gasteiger partial charge in [-0.1, -0.05) is 0 Å². The maximum Gasteiger partial charge on any atom is 0.274 e. The zero-order valence-corrected chi connectivity index (χ0v) is 20.4. The number of hydrogen-bond donors (Lipinski definition) is 2. The Hall–Kier alpha value is -3.90. The van der Waals surface area contributed by atoms with Gasteiger partial charge in [-0.2, -0.15) is 0 Å². The number of aromatic amines is 1. The number of carbonyl (C=O) groups is 1. The summed E-state index contributed by atoms with van der Waals surface area (Å²) < 4.78 is 53.9. The van der Waals surface area contributed by atoms with E-state index in [4.69, 9.17) is 5.11 Å². The molecule has 3 aromatic heterocycles. The number of aliphatic hydroxyl groups excluding tert-OH is 1. The van der Waals surface area contributed by atoms with Gasteiger partial charge in [0.1, 0.15) is 17.6 Å². The third-order valence-electron chi connectivity index (χ3n) is 5.84. The van der Waals surface area contributed by atoms with Crippen LogP contribution in [-0.4, -0.2) is 47.7 Å². The van der Waals surface area contributed by atoms with E-state index in [1.807, 2.05) is 0 Å². The average Bonchev–Trinajstić information content (AvgIpc) is 3.19. The lowest BCUT2D eigenvalue weighted by atomic mass is 9.96. The van der Waals surface area contributed by atoms with E-state index in [1.165, 1.54) is 15.5 Å². The number of nitrogens with one attached hydrogen (secondary N) is 1. The van der Waals surface area contributed by atoms with Crippen LogP contribution >= 0.6 is 0 Å². The number of halogens is 2. The Kier molecular flexibility index (Phi) is 6.50. The molecule has 0 fully saturated rings. The van der Waals surface area contributed by atoms with E-state index in [-0.39, 0.29) is 34.8 Å². The van der Waals surface area contributed by atoms with Gasteiger partial charge in [0.25, 0.3) is 5.56 Å². The first-order chi connectivity index (χ1) is 17.1. The Labute approximate surface area is 204 Å². The number of hydrogen-bond acceptors (Lipinski definition) is 7. The van der Waals surface area contributed by atoms with Crippen LogP contribution < -0.4 is 10.5 Å². The second-order valence-corrected chi connectivity index (χ2v) is 10.5. The summed E-state index contributed by atoms with van der Waals surface area (Å²) in [6, 6.07) is 3.75. The summed E-state index contributed by atoms with van der Waals surface area (Å²) >= 11 is 0. The molecule has 0 aliphatic carbocycles. The molecular weight excluding hydrogens is 494 g/mol. The second kappa shape index (κ2) is 9.28. The fraction of sp³-hybridized carbons (Fsp3) is 0.208. The summed E-state index contributed by atoms with van der Waals surface area (Å²) in [5.41, 5.74) is 2.55. The van der Waals surface area contributed by atoms with Crippen LogP contribution in [0.4, 0.5) is 20.3 Å². The zero-order chi connectivity index (χ0) is 26.4. The summed E-state index contributed by atoms with van der Waals surface area (Å²) in [4.78, 5) is 33.0. The molecule has 1 aromatic carbocycles. The topological polar surface area (TPSA) is 125 Å². The normalized spacial score (nSPS) is 12.6. The van der Waals surface area contributed by atoms with Gasteiger partial charge in [-0.15, -0.1) is 0 Å². The van der Waals surface area contributed by atoms with Crippen molar-refractivity contribution >= 4 is 38.5 Å². The molecule has 0 bridgehead atoms. The van der Waals surface area contributed by atoms with Crippen molar-refractivity contribution in [3.63, 3.8) is 0 Å². The maximum absolute atomic E-state index is 14.9. The SMILES string of the molecule is CO.Cn1cc2c3c(c[nH]c3c1=O)CN(c1ncc(F)cc1F)c1cc(C=O)c(CS(C)(=O)=O)cc1-2. The van der Waals surface area contributed by atoms with Gasteiger partial charge in [-0.25, -0.2) is 22.2 Å². The minimum atomic E-state index is -3.49. The number of aryl methyl sites for hydroxylation is 1. The highest BCUT2D eigenvalue weighted by Gasteiger charge is 2.29. The van der Waals surface area contributed by atoms with Crippen LogP contribution in [0.2, 0.25) is 0 Å². The molecule has 0 saturated heterocycles. The van der Waals surface area contributed by atoms with Gasteiger partial charge in [0.15, 0.2) is 21.5 Å². The maximum atomic E-state index is 14.9. The third kappa shape index (κ3) is 4.29. The number of nitrogens with zero attached hydrogens (tertiary/aromatic N) is 3. The number of rotatable bonds is 4. The van der Waals surface area contributed by atoms with Crippen LogP contribution in [0, 0.1) is 11.6 Å². The van der Waals surface area contributed by atoms with Gasteiger partial charge < -0.3 is 19.6 Å². The summed E-state index contributed by atoms with van der Waals surface area (Å²) in [6.45, 7) is 0.0619. The van der Waals surface area contributed by atoms with E-state index in [0.717, 1.165) is 19.6 Å². The molecule has 1 aliphatic rings. The van der Waals surface area contributed by atoms with Crippen LogP contribution in [0.15, 0.2) is 41.6 Å². The number of aromatic nitrogens is 3. The number of fused-ring (bicyclic) bond motifs is 2. The minimum absolute atomic E-state index is 0.0619. The molecule has 4 aromatic rings. The Morgan fingerprint density at radius 3 is 2.56 bits per heavy atom. The van der Waals surface area contributed by atoms with Gasteiger partial charge in [0.05, 0.1) is 24.2 Å². The zero-order valence-electron chi connectivity index (χ0n) is 19.5. The Bertz CT molecular complexity index is 1680. The first-order valence-electron chi connectivity index (χ1n) is 10.6. The monoisotopic (exact) mass is 516 g/mol. The number of anilines is 2. The molecule has 0 radical (unpaired) electrons. The Balaban J connectivity index is 0.00000148. The van der Waals surface area contributed by atoms with Crippen molar-refractivity contribution in [2.75, 3.05) is 18.3 Å². The van der Waals surface area contributed by atoms with E-state index in [1.54, 1.807) is 25.5 Å². The van der Waals surface area contributed by atoms with Crippen LogP contribution in [0.1, 0.15) is 21.5 Å². The van der Waals surface area contributed by atoms with E-state index in [0.29, 0.717) is 45.6 Å². The van der Waals surface area contributed by atoms with Crippen molar-refractivity contribution in [2.45, 2.75) is 12.3 Å². The van der Waals surface area contributed by atoms with E-state index < -0.39 is 21.5 Å². The molecular formula is C24H22F2N4O5S. The molecule has 5 rings (SSSR count). The van der Waals surface area contributed by atoms with Crippen molar-refractivity contribution in [3.05, 3.63) is 75.5 Å². The van der Waals surface area contributed by atoms with Gasteiger partial charge in [0, 0.05) is 60.9 Å². The standard InChI is InChI=1S/C23H18F2N4O4S.CH4O/c1-28-9-17-16-3-13(11-34(2,32)33)12(10-30)4-19(16)29(22-18(25)5-15(24)7-27-22)8-14-6-26-21(20(14)17)23(28)31;1-2/h3-7,9-10,26H,8,11H2,1-2H3;2H,1H3. The van der Waals surface area contributed by atoms with Crippen molar-refractivity contribution in [2.24, 2.45) is 7.05 Å². The van der Waals surface area contributed by atoms with Gasteiger partial charge in [-0.3, -0.25) is 9.59 Å². The minimum Gasteiger partial charge on any atom is -0.400 e. The molecule has 2 N–H and O–H groups in total. The second-order valence-electron chi connectivity index (χ2n) is 8.32. The lowest BCUT2D eigenvalue weighted by molar-refractivity contribution is 0.112. The first-order valence-corrected chi connectivity index (χ1v) is 12.7. The summed E-state index contributed by atoms with van der Waals surface area (Å²) in [5, 5.41) is 7.60.